The number of amides is 2. The van der Waals surface area contributed by atoms with Gasteiger partial charge in [-0.05, 0) is 52.8 Å². The number of carbonyl (C=O) groups is 1. The van der Waals surface area contributed by atoms with Crippen molar-refractivity contribution in [3.05, 3.63) is 83.4 Å². The summed E-state index contributed by atoms with van der Waals surface area (Å²) in [6, 6.07) is 21.5. The first-order valence-corrected chi connectivity index (χ1v) is 11.7. The minimum atomic E-state index is -0.168. The van der Waals surface area contributed by atoms with E-state index in [0.717, 1.165) is 11.1 Å². The molecule has 1 N–H and O–H groups in total. The van der Waals surface area contributed by atoms with Gasteiger partial charge < -0.3 is 24.4 Å². The molecule has 0 radical (unpaired) electrons. The Morgan fingerprint density at radius 1 is 0.829 bits per heavy atom. The fourth-order valence-electron chi connectivity index (χ4n) is 3.79. The number of nitrogens with zero attached hydrogens (tertiary/aromatic N) is 1. The lowest BCUT2D eigenvalue weighted by atomic mass is 9.87. The van der Waals surface area contributed by atoms with Gasteiger partial charge in [-0.15, -0.1) is 0 Å². The monoisotopic (exact) mass is 476 g/mol. The molecule has 6 heteroatoms. The lowest BCUT2D eigenvalue weighted by molar-refractivity contribution is 0.209. The molecular weight excluding hydrogens is 440 g/mol. The van der Waals surface area contributed by atoms with E-state index in [9.17, 15) is 4.79 Å². The largest absolute Gasteiger partial charge is 0.497 e. The molecule has 0 aliphatic rings. The summed E-state index contributed by atoms with van der Waals surface area (Å²) in [6.45, 7) is 7.61. The van der Waals surface area contributed by atoms with E-state index in [2.05, 4.69) is 50.4 Å². The number of hydrogen-bond acceptors (Lipinski definition) is 4. The van der Waals surface area contributed by atoms with Crippen LogP contribution in [-0.2, 0) is 18.4 Å². The molecule has 0 heterocycles. The van der Waals surface area contributed by atoms with Gasteiger partial charge >= 0.3 is 6.03 Å². The average Bonchev–Trinajstić information content (AvgIpc) is 2.86. The van der Waals surface area contributed by atoms with Crippen LogP contribution in [0.2, 0.25) is 0 Å². The minimum Gasteiger partial charge on any atom is -0.497 e. The summed E-state index contributed by atoms with van der Waals surface area (Å²) >= 11 is 0. The van der Waals surface area contributed by atoms with Crippen LogP contribution in [0, 0.1) is 0 Å². The SMILES string of the molecule is COc1cccc(NC(=O)N(CCc2ccc(OC)c(OC)c2)Cc2ccc(C(C)(C)C)cc2)c1. The Labute approximate surface area is 208 Å². The molecule has 6 nitrogen and oxygen atoms in total. The Balaban J connectivity index is 1.79. The second kappa shape index (κ2) is 11.6. The highest BCUT2D eigenvalue weighted by Gasteiger charge is 2.17. The maximum Gasteiger partial charge on any atom is 0.322 e. The fraction of sp³-hybridized carbons (Fsp3) is 0.345. The second-order valence-corrected chi connectivity index (χ2v) is 9.47. The van der Waals surface area contributed by atoms with E-state index in [-0.39, 0.29) is 11.4 Å². The summed E-state index contributed by atoms with van der Waals surface area (Å²) in [5, 5.41) is 3.01. The van der Waals surface area contributed by atoms with E-state index >= 15 is 0 Å². The van der Waals surface area contributed by atoms with E-state index in [1.807, 2.05) is 47.4 Å². The van der Waals surface area contributed by atoms with Crippen molar-refractivity contribution in [1.29, 1.82) is 0 Å². The van der Waals surface area contributed by atoms with Crippen molar-refractivity contribution in [2.75, 3.05) is 33.2 Å². The molecule has 0 spiro atoms. The topological polar surface area (TPSA) is 60.0 Å². The predicted octanol–water partition coefficient (Wildman–Crippen LogP) is 6.29. The molecule has 35 heavy (non-hydrogen) atoms. The van der Waals surface area contributed by atoms with Gasteiger partial charge in [0.25, 0.3) is 0 Å². The molecule has 0 unspecified atom stereocenters. The Morgan fingerprint density at radius 2 is 1.51 bits per heavy atom. The summed E-state index contributed by atoms with van der Waals surface area (Å²) < 4.78 is 16.1. The highest BCUT2D eigenvalue weighted by atomic mass is 16.5. The van der Waals surface area contributed by atoms with E-state index < -0.39 is 0 Å². The standard InChI is InChI=1S/C29H36N2O4/c1-29(2,3)23-13-10-22(11-14-23)20-31(28(32)30-24-8-7-9-25(19-24)33-4)17-16-21-12-15-26(34-5)27(18-21)35-6/h7-15,18-19H,16-17,20H2,1-6H3,(H,30,32). The summed E-state index contributed by atoms with van der Waals surface area (Å²) in [7, 11) is 4.85. The average molecular weight is 477 g/mol. The first-order chi connectivity index (χ1) is 16.7. The van der Waals surface area contributed by atoms with Gasteiger partial charge in [-0.1, -0.05) is 57.2 Å². The molecule has 0 atom stereocenters. The number of benzene rings is 3. The molecule has 0 fully saturated rings. The van der Waals surface area contributed by atoms with Gasteiger partial charge in [-0.3, -0.25) is 0 Å². The normalized spacial score (nSPS) is 11.0. The molecule has 0 aliphatic carbocycles. The van der Waals surface area contributed by atoms with Crippen LogP contribution >= 0.6 is 0 Å². The molecule has 0 saturated carbocycles. The number of methoxy groups -OCH3 is 3. The number of ether oxygens (including phenoxy) is 3. The Bertz CT molecular complexity index is 1120. The molecule has 3 aromatic carbocycles. The van der Waals surface area contributed by atoms with Crippen molar-refractivity contribution >= 4 is 11.7 Å². The lowest BCUT2D eigenvalue weighted by Gasteiger charge is -2.25. The quantitative estimate of drug-likeness (QED) is 0.394. The molecule has 0 bridgehead atoms. The number of urea groups is 1. The number of anilines is 1. The molecular formula is C29H36N2O4. The summed E-state index contributed by atoms with van der Waals surface area (Å²) in [5.41, 5.74) is 4.17. The zero-order valence-electron chi connectivity index (χ0n) is 21.6. The van der Waals surface area contributed by atoms with Gasteiger partial charge in [0.15, 0.2) is 11.5 Å². The van der Waals surface area contributed by atoms with E-state index in [4.69, 9.17) is 14.2 Å². The molecule has 0 aliphatic heterocycles. The van der Waals surface area contributed by atoms with Crippen LogP contribution < -0.4 is 19.5 Å². The Kier molecular flexibility index (Phi) is 8.63. The summed E-state index contributed by atoms with van der Waals surface area (Å²) in [6.07, 6.45) is 0.673. The highest BCUT2D eigenvalue weighted by molar-refractivity contribution is 5.89. The summed E-state index contributed by atoms with van der Waals surface area (Å²) in [4.78, 5) is 15.1. The van der Waals surface area contributed by atoms with E-state index in [0.29, 0.717) is 42.4 Å². The summed E-state index contributed by atoms with van der Waals surface area (Å²) in [5.74, 6) is 2.05. The smallest absolute Gasteiger partial charge is 0.322 e. The van der Waals surface area contributed by atoms with E-state index in [1.165, 1.54) is 5.56 Å². The molecule has 3 rings (SSSR count). The molecule has 3 aromatic rings. The van der Waals surface area contributed by atoms with E-state index in [1.54, 1.807) is 21.3 Å². The number of carbonyl (C=O) groups excluding carboxylic acids is 1. The lowest BCUT2D eigenvalue weighted by Crippen LogP contribution is -2.36. The van der Waals surface area contributed by atoms with Gasteiger partial charge in [-0.2, -0.15) is 0 Å². The molecule has 2 amide bonds. The van der Waals surface area contributed by atoms with Crippen LogP contribution in [0.3, 0.4) is 0 Å². The van der Waals surface area contributed by atoms with Crippen LogP contribution in [-0.4, -0.2) is 38.8 Å². The van der Waals surface area contributed by atoms with Crippen molar-refractivity contribution in [3.8, 4) is 17.2 Å². The van der Waals surface area contributed by atoms with Gasteiger partial charge in [0.1, 0.15) is 5.75 Å². The Morgan fingerprint density at radius 3 is 2.14 bits per heavy atom. The first-order valence-electron chi connectivity index (χ1n) is 11.7. The number of rotatable bonds is 9. The Hall–Kier alpha value is -3.67. The van der Waals surface area contributed by atoms with Crippen LogP contribution in [0.5, 0.6) is 17.2 Å². The van der Waals surface area contributed by atoms with Crippen molar-refractivity contribution in [2.45, 2.75) is 39.2 Å². The van der Waals surface area contributed by atoms with Crippen molar-refractivity contribution in [1.82, 2.24) is 4.90 Å². The van der Waals surface area contributed by atoms with Gasteiger partial charge in [0.2, 0.25) is 0 Å². The number of hydrogen-bond donors (Lipinski definition) is 1. The fourth-order valence-corrected chi connectivity index (χ4v) is 3.79. The van der Waals surface area contributed by atoms with Crippen molar-refractivity contribution in [2.24, 2.45) is 0 Å². The van der Waals surface area contributed by atoms with Gasteiger partial charge in [0, 0.05) is 24.8 Å². The number of nitrogens with one attached hydrogen (secondary N) is 1. The molecule has 186 valence electrons. The van der Waals surface area contributed by atoms with Crippen LogP contribution in [0.15, 0.2) is 66.7 Å². The van der Waals surface area contributed by atoms with Crippen LogP contribution in [0.4, 0.5) is 10.5 Å². The van der Waals surface area contributed by atoms with Crippen molar-refractivity contribution in [3.63, 3.8) is 0 Å². The molecule has 0 aromatic heterocycles. The maximum atomic E-state index is 13.3. The third-order valence-corrected chi connectivity index (χ3v) is 5.92. The van der Waals surface area contributed by atoms with Gasteiger partial charge in [0.05, 0.1) is 21.3 Å². The maximum absolute atomic E-state index is 13.3. The molecule has 0 saturated heterocycles. The minimum absolute atomic E-state index is 0.0787. The first kappa shape index (κ1) is 25.9. The van der Waals surface area contributed by atoms with Crippen LogP contribution in [0.25, 0.3) is 0 Å². The third kappa shape index (κ3) is 7.15. The highest BCUT2D eigenvalue weighted by Crippen LogP contribution is 2.28. The van der Waals surface area contributed by atoms with Crippen LogP contribution in [0.1, 0.15) is 37.5 Å². The van der Waals surface area contributed by atoms with Crippen molar-refractivity contribution < 1.29 is 19.0 Å². The predicted molar refractivity (Wildman–Crippen MR) is 141 cm³/mol. The van der Waals surface area contributed by atoms with Gasteiger partial charge in [-0.25, -0.2) is 4.79 Å². The zero-order chi connectivity index (χ0) is 25.4. The zero-order valence-corrected chi connectivity index (χ0v) is 21.6. The second-order valence-electron chi connectivity index (χ2n) is 9.47. The third-order valence-electron chi connectivity index (χ3n) is 5.92.